The Balaban J connectivity index is 1.09. The fourth-order valence-corrected chi connectivity index (χ4v) is 7.01. The van der Waals surface area contributed by atoms with Gasteiger partial charge >= 0.3 is 0 Å². The van der Waals surface area contributed by atoms with Gasteiger partial charge in [-0.3, -0.25) is 0 Å². The van der Waals surface area contributed by atoms with Crippen LogP contribution in [0.5, 0.6) is 0 Å². The molecule has 3 aromatic heterocycles. The van der Waals surface area contributed by atoms with Gasteiger partial charge in [0.1, 0.15) is 11.2 Å². The number of nitrogens with zero attached hydrogens (tertiary/aromatic N) is 7. The van der Waals surface area contributed by atoms with E-state index in [-0.39, 0.29) is 0 Å². The molecule has 0 amide bonds. The van der Waals surface area contributed by atoms with Gasteiger partial charge in [-0.05, 0) is 29.3 Å². The summed E-state index contributed by atoms with van der Waals surface area (Å²) < 4.78 is 6.71. The number of hydrogen-bond acceptors (Lipinski definition) is 7. The number of benzene rings is 7. The second-order valence-electron chi connectivity index (χ2n) is 13.4. The summed E-state index contributed by atoms with van der Waals surface area (Å²) in [5.74, 6) is 3.29. The Bertz CT molecular complexity index is 3060. The van der Waals surface area contributed by atoms with Crippen LogP contribution in [0.2, 0.25) is 0 Å². The van der Waals surface area contributed by atoms with Crippen LogP contribution in [-0.2, 0) is 0 Å². The summed E-state index contributed by atoms with van der Waals surface area (Å²) in [5.41, 5.74) is 8.82. The van der Waals surface area contributed by atoms with Gasteiger partial charge in [-0.1, -0.05) is 158 Å². The van der Waals surface area contributed by atoms with Crippen LogP contribution in [0.25, 0.3) is 106 Å². The van der Waals surface area contributed by atoms with Crippen LogP contribution in [0.15, 0.2) is 180 Å². The van der Waals surface area contributed by atoms with Gasteiger partial charge in [0, 0.05) is 38.6 Å². The molecule has 10 rings (SSSR count). The Morgan fingerprint density at radius 2 is 0.789 bits per heavy atom. The van der Waals surface area contributed by atoms with Crippen LogP contribution in [0.1, 0.15) is 0 Å². The molecule has 3 heterocycles. The van der Waals surface area contributed by atoms with Gasteiger partial charge < -0.3 is 4.42 Å². The third-order valence-electron chi connectivity index (χ3n) is 9.84. The van der Waals surface area contributed by atoms with Gasteiger partial charge in [0.05, 0.1) is 12.1 Å². The van der Waals surface area contributed by atoms with Crippen molar-refractivity contribution in [3.05, 3.63) is 187 Å². The van der Waals surface area contributed by atoms with Crippen molar-refractivity contribution in [1.29, 1.82) is 0 Å². The third-order valence-corrected chi connectivity index (χ3v) is 9.84. The number of rotatable bonds is 7. The number of hydrogen-bond donors (Lipinski definition) is 0. The maximum atomic E-state index is 7.62. The summed E-state index contributed by atoms with van der Waals surface area (Å²) in [4.78, 5) is 33.4. The molecule has 0 spiro atoms. The average molecular weight is 732 g/mol. The molecule has 0 fully saturated rings. The van der Waals surface area contributed by atoms with Crippen molar-refractivity contribution in [2.75, 3.05) is 0 Å². The predicted octanol–water partition coefficient (Wildman–Crippen LogP) is 12.2. The molecule has 0 aliphatic heterocycles. The Kier molecular flexibility index (Phi) is 8.36. The molecule has 8 nitrogen and oxygen atoms in total. The van der Waals surface area contributed by atoms with Crippen LogP contribution >= 0.6 is 0 Å². The average Bonchev–Trinajstić information content (AvgIpc) is 3.68. The molecule has 7 aromatic carbocycles. The van der Waals surface area contributed by atoms with Crippen LogP contribution in [0, 0.1) is 6.57 Å². The first kappa shape index (κ1) is 33.4. The molecule has 10 aromatic rings. The summed E-state index contributed by atoms with van der Waals surface area (Å²) in [6, 6.07) is 57.4. The lowest BCUT2D eigenvalue weighted by atomic mass is 10.0. The first-order valence-corrected chi connectivity index (χ1v) is 18.4. The van der Waals surface area contributed by atoms with Gasteiger partial charge in [-0.25, -0.2) is 34.7 Å². The smallest absolute Gasteiger partial charge is 0.194 e. The SMILES string of the molecule is [C-]#[N+]c1ccccc1-c1ccc(-c2nc(-c3ccccc3)nc(-c3cccc4c3oc3cc(-c5nc(-c6ccccc6)nc(-c6ccccc6)n5)ccc34)n2)cc1. The Morgan fingerprint density at radius 3 is 1.35 bits per heavy atom. The highest BCUT2D eigenvalue weighted by Crippen LogP contribution is 2.38. The van der Waals surface area contributed by atoms with Crippen molar-refractivity contribution in [2.24, 2.45) is 0 Å². The Morgan fingerprint density at radius 1 is 0.351 bits per heavy atom. The predicted molar refractivity (Wildman–Crippen MR) is 225 cm³/mol. The molecule has 0 saturated carbocycles. The maximum absolute atomic E-state index is 7.62. The molecule has 0 radical (unpaired) electrons. The summed E-state index contributed by atoms with van der Waals surface area (Å²) >= 11 is 0. The fourth-order valence-electron chi connectivity index (χ4n) is 7.01. The molecule has 266 valence electrons. The van der Waals surface area contributed by atoms with E-state index in [1.807, 2.05) is 170 Å². The number of fused-ring (bicyclic) bond motifs is 3. The van der Waals surface area contributed by atoms with Gasteiger partial charge in [0.25, 0.3) is 0 Å². The highest BCUT2D eigenvalue weighted by atomic mass is 16.3. The van der Waals surface area contributed by atoms with Gasteiger partial charge in [0.15, 0.2) is 40.6 Å². The van der Waals surface area contributed by atoms with Crippen molar-refractivity contribution < 1.29 is 4.42 Å². The first-order chi connectivity index (χ1) is 28.2. The summed E-state index contributed by atoms with van der Waals surface area (Å²) in [6.45, 7) is 7.62. The molecule has 0 N–H and O–H groups in total. The van der Waals surface area contributed by atoms with E-state index < -0.39 is 0 Å². The summed E-state index contributed by atoms with van der Waals surface area (Å²) in [6.07, 6.45) is 0. The first-order valence-electron chi connectivity index (χ1n) is 18.4. The van der Waals surface area contributed by atoms with Crippen molar-refractivity contribution in [1.82, 2.24) is 29.9 Å². The third kappa shape index (κ3) is 6.35. The van der Waals surface area contributed by atoms with Crippen LogP contribution < -0.4 is 0 Å². The Labute approximate surface area is 327 Å². The monoisotopic (exact) mass is 731 g/mol. The molecular formula is C49H29N7O. The Hall–Kier alpha value is -8.15. The molecule has 0 atom stereocenters. The van der Waals surface area contributed by atoms with Crippen molar-refractivity contribution in [2.45, 2.75) is 0 Å². The van der Waals surface area contributed by atoms with E-state index in [2.05, 4.69) is 10.9 Å². The number of aromatic nitrogens is 6. The van der Waals surface area contributed by atoms with Crippen LogP contribution in [-0.4, -0.2) is 29.9 Å². The van der Waals surface area contributed by atoms with Crippen molar-refractivity contribution in [3.8, 4) is 79.5 Å². The van der Waals surface area contributed by atoms with Crippen molar-refractivity contribution >= 4 is 27.6 Å². The highest BCUT2D eigenvalue weighted by molar-refractivity contribution is 6.09. The largest absolute Gasteiger partial charge is 0.455 e. The van der Waals surface area contributed by atoms with E-state index in [1.165, 1.54) is 0 Å². The zero-order valence-electron chi connectivity index (χ0n) is 30.3. The second kappa shape index (κ2) is 14.3. The standard InChI is InChI=1S/C49H29N7O/c1-50-41-23-12-11-20-37(41)31-24-26-35(27-25-31)47-52-46(34-18-9-4-10-19-34)55-49(56-47)40-22-13-21-39-38-29-28-36(30-42(38)57-43(39)40)48-53-44(32-14-5-2-6-15-32)51-45(54-48)33-16-7-3-8-17-33/h2-30H. The maximum Gasteiger partial charge on any atom is 0.194 e. The van der Waals surface area contributed by atoms with Crippen LogP contribution in [0.3, 0.4) is 0 Å². The minimum absolute atomic E-state index is 0.489. The van der Waals surface area contributed by atoms with Gasteiger partial charge in [0.2, 0.25) is 0 Å². The van der Waals surface area contributed by atoms with Crippen LogP contribution in [0.4, 0.5) is 5.69 Å². The van der Waals surface area contributed by atoms with E-state index in [9.17, 15) is 0 Å². The minimum Gasteiger partial charge on any atom is -0.455 e. The lowest BCUT2D eigenvalue weighted by Gasteiger charge is -2.10. The molecule has 57 heavy (non-hydrogen) atoms. The number of para-hydroxylation sites is 2. The minimum atomic E-state index is 0.489. The van der Waals surface area contributed by atoms with E-state index in [0.29, 0.717) is 51.8 Å². The van der Waals surface area contributed by atoms with Crippen molar-refractivity contribution in [3.63, 3.8) is 0 Å². The van der Waals surface area contributed by atoms with E-state index in [1.54, 1.807) is 0 Å². The van der Waals surface area contributed by atoms with E-state index >= 15 is 0 Å². The topological polar surface area (TPSA) is 94.8 Å². The number of furan rings is 1. The lowest BCUT2D eigenvalue weighted by Crippen LogP contribution is -2.00. The second-order valence-corrected chi connectivity index (χ2v) is 13.4. The lowest BCUT2D eigenvalue weighted by molar-refractivity contribution is 0.669. The highest BCUT2D eigenvalue weighted by Gasteiger charge is 2.19. The normalized spacial score (nSPS) is 11.1. The quantitative estimate of drug-likeness (QED) is 0.151. The molecular weight excluding hydrogens is 703 g/mol. The molecule has 0 unspecified atom stereocenters. The molecule has 8 heteroatoms. The summed E-state index contributed by atoms with van der Waals surface area (Å²) in [7, 11) is 0. The van der Waals surface area contributed by atoms with Gasteiger partial charge in [-0.15, -0.1) is 0 Å². The zero-order valence-corrected chi connectivity index (χ0v) is 30.3. The van der Waals surface area contributed by atoms with E-state index in [4.69, 9.17) is 40.9 Å². The summed E-state index contributed by atoms with van der Waals surface area (Å²) in [5, 5.41) is 1.88. The molecule has 0 bridgehead atoms. The molecule has 0 aliphatic carbocycles. The van der Waals surface area contributed by atoms with E-state index in [0.717, 1.165) is 55.3 Å². The zero-order chi connectivity index (χ0) is 38.1. The fraction of sp³-hybridized carbons (Fsp3) is 0. The van der Waals surface area contributed by atoms with Gasteiger partial charge in [-0.2, -0.15) is 0 Å². The molecule has 0 saturated heterocycles. The molecule has 0 aliphatic rings.